The molecule has 1 aromatic rings. The maximum Gasteiger partial charge on any atom is 0.296 e. The van der Waals surface area contributed by atoms with Gasteiger partial charge in [0.15, 0.2) is 0 Å². The zero-order valence-corrected chi connectivity index (χ0v) is 13.3. The summed E-state index contributed by atoms with van der Waals surface area (Å²) >= 11 is 0. The fraction of sp³-hybridized carbons (Fsp3) is 0.625. The average molecular weight is 312 g/mol. The van der Waals surface area contributed by atoms with E-state index in [0.29, 0.717) is 0 Å². The first-order chi connectivity index (χ1) is 9.99. The first kappa shape index (κ1) is 16.5. The molecular weight excluding hydrogens is 288 g/mol. The third kappa shape index (κ3) is 4.80. The van der Waals surface area contributed by atoms with E-state index < -0.39 is 16.2 Å². The number of hydrogen-bond donors (Lipinski definition) is 1. The predicted molar refractivity (Wildman–Crippen MR) is 81.5 cm³/mol. The van der Waals surface area contributed by atoms with Crippen molar-refractivity contribution < 1.29 is 17.7 Å². The zero-order valence-electron chi connectivity index (χ0n) is 12.5. The van der Waals surface area contributed by atoms with Gasteiger partial charge < -0.3 is 5.11 Å². The Balaban J connectivity index is 1.98. The molecule has 0 aliphatic heterocycles. The highest BCUT2D eigenvalue weighted by Crippen LogP contribution is 2.24. The van der Waals surface area contributed by atoms with E-state index in [2.05, 4.69) is 0 Å². The Morgan fingerprint density at radius 3 is 2.38 bits per heavy atom. The number of rotatable bonds is 4. The Morgan fingerprint density at radius 2 is 1.71 bits per heavy atom. The van der Waals surface area contributed by atoms with Gasteiger partial charge in [0.25, 0.3) is 10.1 Å². The van der Waals surface area contributed by atoms with E-state index in [4.69, 9.17) is 4.18 Å². The first-order valence-electron chi connectivity index (χ1n) is 7.63. The third-order valence-corrected chi connectivity index (χ3v) is 5.41. The molecule has 0 spiro atoms. The van der Waals surface area contributed by atoms with E-state index in [-0.39, 0.29) is 17.4 Å². The third-order valence-electron chi connectivity index (χ3n) is 4.12. The minimum atomic E-state index is -3.73. The normalized spacial score (nSPS) is 24.3. The van der Waals surface area contributed by atoms with Crippen molar-refractivity contribution in [3.05, 3.63) is 29.8 Å². The average Bonchev–Trinajstić information content (AvgIpc) is 2.43. The van der Waals surface area contributed by atoms with Crippen LogP contribution in [-0.2, 0) is 14.3 Å². The van der Waals surface area contributed by atoms with Crippen LogP contribution in [0.3, 0.4) is 0 Å². The van der Waals surface area contributed by atoms with Crippen molar-refractivity contribution in [3.63, 3.8) is 0 Å². The highest BCUT2D eigenvalue weighted by atomic mass is 32.2. The van der Waals surface area contributed by atoms with Gasteiger partial charge in [0, 0.05) is 5.92 Å². The highest BCUT2D eigenvalue weighted by molar-refractivity contribution is 7.86. The van der Waals surface area contributed by atoms with Crippen LogP contribution in [0.25, 0.3) is 0 Å². The van der Waals surface area contributed by atoms with E-state index in [1.165, 1.54) is 0 Å². The molecular formula is C16H24O4S. The molecule has 0 aromatic heterocycles. The maximum absolute atomic E-state index is 12.1. The Kier molecular flexibility index (Phi) is 5.79. The van der Waals surface area contributed by atoms with Crippen LogP contribution in [0.1, 0.15) is 44.1 Å². The Morgan fingerprint density at radius 1 is 1.10 bits per heavy atom. The second-order valence-electron chi connectivity index (χ2n) is 5.87. The van der Waals surface area contributed by atoms with Gasteiger partial charge in [-0.1, -0.05) is 43.4 Å². The fourth-order valence-corrected chi connectivity index (χ4v) is 3.65. The molecule has 0 heterocycles. The van der Waals surface area contributed by atoms with Gasteiger partial charge in [0.2, 0.25) is 0 Å². The number of hydrogen-bond acceptors (Lipinski definition) is 4. The molecule has 5 heteroatoms. The van der Waals surface area contributed by atoms with Crippen molar-refractivity contribution in [2.45, 2.75) is 56.4 Å². The minimum absolute atomic E-state index is 0.0668. The topological polar surface area (TPSA) is 63.6 Å². The van der Waals surface area contributed by atoms with Gasteiger partial charge in [-0.3, -0.25) is 4.18 Å². The highest BCUT2D eigenvalue weighted by Gasteiger charge is 2.24. The smallest absolute Gasteiger partial charge is 0.296 e. The van der Waals surface area contributed by atoms with Crippen molar-refractivity contribution in [1.29, 1.82) is 0 Å². The molecule has 118 valence electrons. The first-order valence-corrected chi connectivity index (χ1v) is 9.04. The van der Waals surface area contributed by atoms with Gasteiger partial charge >= 0.3 is 0 Å². The summed E-state index contributed by atoms with van der Waals surface area (Å²) in [5.41, 5.74) is 1.00. The summed E-state index contributed by atoms with van der Waals surface area (Å²) in [6.07, 6.45) is 5.42. The molecule has 2 atom stereocenters. The molecule has 0 radical (unpaired) electrons. The SMILES string of the molecule is Cc1ccc(S(=O)(=O)OC[C@H]2CCCCCC[C@@H]2O)cc1. The lowest BCUT2D eigenvalue weighted by atomic mass is 9.89. The van der Waals surface area contributed by atoms with Crippen molar-refractivity contribution in [3.8, 4) is 0 Å². The summed E-state index contributed by atoms with van der Waals surface area (Å²) in [4.78, 5) is 0.174. The lowest BCUT2D eigenvalue weighted by molar-refractivity contribution is 0.0564. The molecule has 1 aliphatic carbocycles. The van der Waals surface area contributed by atoms with E-state index in [1.54, 1.807) is 24.3 Å². The molecule has 0 unspecified atom stereocenters. The number of aliphatic hydroxyl groups is 1. The Labute approximate surface area is 127 Å². The minimum Gasteiger partial charge on any atom is -0.393 e. The van der Waals surface area contributed by atoms with E-state index in [1.807, 2.05) is 6.92 Å². The van der Waals surface area contributed by atoms with Crippen molar-refractivity contribution in [2.75, 3.05) is 6.61 Å². The zero-order chi connectivity index (χ0) is 15.3. The molecule has 21 heavy (non-hydrogen) atoms. The molecule has 1 aromatic carbocycles. The summed E-state index contributed by atoms with van der Waals surface area (Å²) in [7, 11) is -3.73. The van der Waals surface area contributed by atoms with E-state index in [9.17, 15) is 13.5 Å². The second kappa shape index (κ2) is 7.38. The number of aryl methyl sites for hydroxylation is 1. The largest absolute Gasteiger partial charge is 0.393 e. The lowest BCUT2D eigenvalue weighted by Gasteiger charge is -2.24. The molecule has 1 fully saturated rings. The molecule has 4 nitrogen and oxygen atoms in total. The number of aliphatic hydroxyl groups excluding tert-OH is 1. The molecule has 1 saturated carbocycles. The van der Waals surface area contributed by atoms with Crippen LogP contribution in [0.2, 0.25) is 0 Å². The van der Waals surface area contributed by atoms with Crippen LogP contribution in [0.5, 0.6) is 0 Å². The summed E-state index contributed by atoms with van der Waals surface area (Å²) in [5.74, 6) is -0.0921. The van der Waals surface area contributed by atoms with Crippen molar-refractivity contribution in [2.24, 2.45) is 5.92 Å². The Hall–Kier alpha value is -0.910. The summed E-state index contributed by atoms with van der Waals surface area (Å²) in [6, 6.07) is 6.61. The van der Waals surface area contributed by atoms with Crippen LogP contribution < -0.4 is 0 Å². The molecule has 1 N–H and O–H groups in total. The second-order valence-corrected chi connectivity index (χ2v) is 7.49. The van der Waals surface area contributed by atoms with Crippen LogP contribution >= 0.6 is 0 Å². The monoisotopic (exact) mass is 312 g/mol. The van der Waals surface area contributed by atoms with Gasteiger partial charge in [-0.15, -0.1) is 0 Å². The molecule has 1 aliphatic rings. The molecule has 0 saturated heterocycles. The van der Waals surface area contributed by atoms with Gasteiger partial charge in [0.05, 0.1) is 17.6 Å². The fourth-order valence-electron chi connectivity index (χ4n) is 2.69. The van der Waals surface area contributed by atoms with Crippen LogP contribution in [-0.4, -0.2) is 26.2 Å². The number of benzene rings is 1. The van der Waals surface area contributed by atoms with Crippen LogP contribution in [0.15, 0.2) is 29.2 Å². The summed E-state index contributed by atoms with van der Waals surface area (Å²) < 4.78 is 29.5. The molecule has 0 amide bonds. The van der Waals surface area contributed by atoms with Gasteiger partial charge in [0.1, 0.15) is 0 Å². The van der Waals surface area contributed by atoms with Gasteiger partial charge in [-0.25, -0.2) is 0 Å². The van der Waals surface area contributed by atoms with Crippen molar-refractivity contribution in [1.82, 2.24) is 0 Å². The van der Waals surface area contributed by atoms with E-state index in [0.717, 1.165) is 44.1 Å². The maximum atomic E-state index is 12.1. The van der Waals surface area contributed by atoms with Crippen LogP contribution in [0.4, 0.5) is 0 Å². The van der Waals surface area contributed by atoms with E-state index >= 15 is 0 Å². The Bertz CT molecular complexity index is 536. The summed E-state index contributed by atoms with van der Waals surface area (Å²) in [6.45, 7) is 1.97. The summed E-state index contributed by atoms with van der Waals surface area (Å²) in [5, 5.41) is 10.1. The molecule has 0 bridgehead atoms. The predicted octanol–water partition coefficient (Wildman–Crippen LogP) is 3.03. The van der Waals surface area contributed by atoms with Crippen LogP contribution in [0, 0.1) is 12.8 Å². The van der Waals surface area contributed by atoms with Gasteiger partial charge in [-0.2, -0.15) is 8.42 Å². The van der Waals surface area contributed by atoms with Gasteiger partial charge in [-0.05, 0) is 31.9 Å². The standard InChI is InChI=1S/C16H24O4S/c1-13-8-10-15(11-9-13)21(18,19)20-12-14-6-4-2-3-5-7-16(14)17/h8-11,14,16-17H,2-7,12H2,1H3/t14-,16+/m1/s1. The molecule has 2 rings (SSSR count). The van der Waals surface area contributed by atoms with Crippen molar-refractivity contribution >= 4 is 10.1 Å². The lowest BCUT2D eigenvalue weighted by Crippen LogP contribution is -2.27. The quantitative estimate of drug-likeness (QED) is 0.868.